The fourth-order valence-corrected chi connectivity index (χ4v) is 2.09. The first-order valence-electron chi connectivity index (χ1n) is 4.92. The van der Waals surface area contributed by atoms with Gasteiger partial charge in [-0.3, -0.25) is 4.79 Å². The fourth-order valence-electron chi connectivity index (χ4n) is 1.49. The SMILES string of the molecule is Cc1cc(CC(C)(C)C(=O)O)cc(Br)c1F. The zero-order valence-electron chi connectivity index (χ0n) is 9.47. The summed E-state index contributed by atoms with van der Waals surface area (Å²) in [6.07, 6.45) is 0.377. The molecule has 0 spiro atoms. The van der Waals surface area contributed by atoms with Gasteiger partial charge in [0, 0.05) is 0 Å². The number of benzene rings is 1. The van der Waals surface area contributed by atoms with Crippen LogP contribution in [0, 0.1) is 18.2 Å². The van der Waals surface area contributed by atoms with Gasteiger partial charge in [0.15, 0.2) is 0 Å². The predicted molar refractivity (Wildman–Crippen MR) is 64.0 cm³/mol. The molecule has 1 rings (SSSR count). The van der Waals surface area contributed by atoms with Crippen molar-refractivity contribution in [3.8, 4) is 0 Å². The van der Waals surface area contributed by atoms with Gasteiger partial charge in [-0.25, -0.2) is 4.39 Å². The number of carboxylic acids is 1. The van der Waals surface area contributed by atoms with E-state index in [0.717, 1.165) is 5.56 Å². The summed E-state index contributed by atoms with van der Waals surface area (Å²) >= 11 is 3.12. The normalized spacial score (nSPS) is 11.6. The number of carboxylic acid groups (broad SMARTS) is 1. The molecule has 0 aliphatic heterocycles. The summed E-state index contributed by atoms with van der Waals surface area (Å²) in [7, 11) is 0. The zero-order chi connectivity index (χ0) is 12.5. The summed E-state index contributed by atoms with van der Waals surface area (Å²) < 4.78 is 13.7. The Morgan fingerprint density at radius 1 is 1.50 bits per heavy atom. The van der Waals surface area contributed by atoms with Crippen LogP contribution in [-0.2, 0) is 11.2 Å². The standard InChI is InChI=1S/C12H14BrFO2/c1-7-4-8(5-9(13)10(7)14)6-12(2,3)11(15)16/h4-5H,6H2,1-3H3,(H,15,16). The van der Waals surface area contributed by atoms with E-state index in [1.54, 1.807) is 32.9 Å². The monoisotopic (exact) mass is 288 g/mol. The molecule has 1 aromatic rings. The van der Waals surface area contributed by atoms with E-state index in [2.05, 4.69) is 15.9 Å². The molecule has 1 N–H and O–H groups in total. The van der Waals surface area contributed by atoms with Crippen LogP contribution < -0.4 is 0 Å². The lowest BCUT2D eigenvalue weighted by Crippen LogP contribution is -2.26. The van der Waals surface area contributed by atoms with Crippen molar-refractivity contribution in [3.63, 3.8) is 0 Å². The smallest absolute Gasteiger partial charge is 0.309 e. The second-order valence-electron chi connectivity index (χ2n) is 4.57. The number of carbonyl (C=O) groups is 1. The highest BCUT2D eigenvalue weighted by molar-refractivity contribution is 9.10. The van der Waals surface area contributed by atoms with Crippen LogP contribution in [0.25, 0.3) is 0 Å². The Hall–Kier alpha value is -0.900. The summed E-state index contributed by atoms with van der Waals surface area (Å²) in [5.41, 5.74) is 0.493. The van der Waals surface area contributed by atoms with Crippen LogP contribution in [0.1, 0.15) is 25.0 Å². The largest absolute Gasteiger partial charge is 0.481 e. The molecule has 0 heterocycles. The first kappa shape index (κ1) is 13.2. The van der Waals surface area contributed by atoms with Crippen molar-refractivity contribution in [1.82, 2.24) is 0 Å². The molecule has 0 saturated heterocycles. The second kappa shape index (κ2) is 4.53. The highest BCUT2D eigenvalue weighted by Crippen LogP contribution is 2.27. The minimum Gasteiger partial charge on any atom is -0.481 e. The molecular weight excluding hydrogens is 275 g/mol. The molecule has 1 aromatic carbocycles. The first-order chi connectivity index (χ1) is 7.24. The van der Waals surface area contributed by atoms with E-state index >= 15 is 0 Å². The predicted octanol–water partition coefficient (Wildman–Crippen LogP) is 3.55. The summed E-state index contributed by atoms with van der Waals surface area (Å²) in [5, 5.41) is 9.01. The van der Waals surface area contributed by atoms with Gasteiger partial charge in [-0.15, -0.1) is 0 Å². The van der Waals surface area contributed by atoms with Crippen LogP contribution in [0.4, 0.5) is 4.39 Å². The quantitative estimate of drug-likeness (QED) is 0.924. The van der Waals surface area contributed by atoms with E-state index in [1.165, 1.54) is 0 Å². The van der Waals surface area contributed by atoms with Gasteiger partial charge in [-0.1, -0.05) is 6.07 Å². The molecule has 0 fully saturated rings. The molecule has 88 valence electrons. The van der Waals surface area contributed by atoms with Gasteiger partial charge in [0.05, 0.1) is 9.89 Å². The van der Waals surface area contributed by atoms with Gasteiger partial charge in [-0.2, -0.15) is 0 Å². The third-order valence-corrected chi connectivity index (χ3v) is 3.07. The van der Waals surface area contributed by atoms with Crippen molar-refractivity contribution < 1.29 is 14.3 Å². The van der Waals surface area contributed by atoms with Crippen LogP contribution in [0.5, 0.6) is 0 Å². The first-order valence-corrected chi connectivity index (χ1v) is 5.71. The molecule has 0 amide bonds. The highest BCUT2D eigenvalue weighted by Gasteiger charge is 2.27. The Bertz CT molecular complexity index is 404. The lowest BCUT2D eigenvalue weighted by molar-refractivity contribution is -0.146. The molecule has 0 aliphatic rings. The van der Waals surface area contributed by atoms with Gasteiger partial charge in [0.25, 0.3) is 0 Å². The molecule has 0 unspecified atom stereocenters. The summed E-state index contributed by atoms with van der Waals surface area (Å²) in [6, 6.07) is 3.32. The Labute approximate surface area is 103 Å². The lowest BCUT2D eigenvalue weighted by Gasteiger charge is -2.19. The van der Waals surface area contributed by atoms with Crippen molar-refractivity contribution >= 4 is 21.9 Å². The third-order valence-electron chi connectivity index (χ3n) is 2.49. The molecule has 0 atom stereocenters. The summed E-state index contributed by atoms with van der Waals surface area (Å²) in [6.45, 7) is 4.97. The summed E-state index contributed by atoms with van der Waals surface area (Å²) in [4.78, 5) is 11.0. The number of hydrogen-bond acceptors (Lipinski definition) is 1. The van der Waals surface area contributed by atoms with E-state index in [4.69, 9.17) is 5.11 Å². The molecule has 2 nitrogen and oxygen atoms in total. The average Bonchev–Trinajstić information content (AvgIpc) is 2.13. The Morgan fingerprint density at radius 2 is 2.06 bits per heavy atom. The number of halogens is 2. The van der Waals surface area contributed by atoms with Crippen molar-refractivity contribution in [2.45, 2.75) is 27.2 Å². The van der Waals surface area contributed by atoms with E-state index < -0.39 is 11.4 Å². The number of hydrogen-bond donors (Lipinski definition) is 1. The number of aryl methyl sites for hydroxylation is 1. The van der Waals surface area contributed by atoms with Gasteiger partial charge in [0.2, 0.25) is 0 Å². The maximum absolute atomic E-state index is 13.3. The van der Waals surface area contributed by atoms with Gasteiger partial charge in [0.1, 0.15) is 5.82 Å². The molecule has 0 aliphatic carbocycles. The van der Waals surface area contributed by atoms with Crippen molar-refractivity contribution in [2.75, 3.05) is 0 Å². The number of rotatable bonds is 3. The van der Waals surface area contributed by atoms with E-state index in [1.807, 2.05) is 0 Å². The number of aliphatic carboxylic acids is 1. The summed E-state index contributed by atoms with van der Waals surface area (Å²) in [5.74, 6) is -1.15. The molecule has 16 heavy (non-hydrogen) atoms. The minimum absolute atomic E-state index is 0.295. The van der Waals surface area contributed by atoms with Crippen molar-refractivity contribution in [3.05, 3.63) is 33.5 Å². The Morgan fingerprint density at radius 3 is 2.50 bits per heavy atom. The topological polar surface area (TPSA) is 37.3 Å². The maximum Gasteiger partial charge on any atom is 0.309 e. The molecule has 0 bridgehead atoms. The molecule has 0 aromatic heterocycles. The molecular formula is C12H14BrFO2. The van der Waals surface area contributed by atoms with E-state index in [0.29, 0.717) is 16.5 Å². The molecule has 0 saturated carbocycles. The third kappa shape index (κ3) is 2.82. The average molecular weight is 289 g/mol. The highest BCUT2D eigenvalue weighted by atomic mass is 79.9. The van der Waals surface area contributed by atoms with Crippen LogP contribution in [0.2, 0.25) is 0 Å². The van der Waals surface area contributed by atoms with Crippen LogP contribution in [0.15, 0.2) is 16.6 Å². The van der Waals surface area contributed by atoms with Gasteiger partial charge in [-0.05, 0) is 60.3 Å². The zero-order valence-corrected chi connectivity index (χ0v) is 11.1. The van der Waals surface area contributed by atoms with Crippen molar-refractivity contribution in [2.24, 2.45) is 5.41 Å². The molecule has 4 heteroatoms. The molecule has 0 radical (unpaired) electrons. The minimum atomic E-state index is -0.856. The Balaban J connectivity index is 3.04. The fraction of sp³-hybridized carbons (Fsp3) is 0.417. The van der Waals surface area contributed by atoms with E-state index in [9.17, 15) is 9.18 Å². The van der Waals surface area contributed by atoms with Crippen LogP contribution in [0.3, 0.4) is 0 Å². The Kier molecular flexibility index (Phi) is 3.73. The van der Waals surface area contributed by atoms with Crippen molar-refractivity contribution in [1.29, 1.82) is 0 Å². The van der Waals surface area contributed by atoms with Crippen LogP contribution >= 0.6 is 15.9 Å². The van der Waals surface area contributed by atoms with E-state index in [-0.39, 0.29) is 5.82 Å². The lowest BCUT2D eigenvalue weighted by atomic mass is 9.85. The van der Waals surface area contributed by atoms with Gasteiger partial charge < -0.3 is 5.11 Å². The van der Waals surface area contributed by atoms with Gasteiger partial charge >= 0.3 is 5.97 Å². The second-order valence-corrected chi connectivity index (χ2v) is 5.43. The maximum atomic E-state index is 13.3. The van der Waals surface area contributed by atoms with Crippen LogP contribution in [-0.4, -0.2) is 11.1 Å².